The lowest BCUT2D eigenvalue weighted by molar-refractivity contribution is 1.47. The van der Waals surface area contributed by atoms with Crippen molar-refractivity contribution in [3.8, 4) is 0 Å². The van der Waals surface area contributed by atoms with E-state index < -0.39 is 0 Å². The Bertz CT molecular complexity index is 431. The highest BCUT2D eigenvalue weighted by molar-refractivity contribution is 9.10. The zero-order valence-electron chi connectivity index (χ0n) is 6.47. The maximum atomic E-state index is 4.39. The van der Waals surface area contributed by atoms with Gasteiger partial charge in [-0.3, -0.25) is 0 Å². The van der Waals surface area contributed by atoms with Gasteiger partial charge in [0.1, 0.15) is 0 Å². The molecule has 0 nitrogen and oxygen atoms in total. The summed E-state index contributed by atoms with van der Waals surface area (Å²) in [7, 11) is 0. The van der Waals surface area contributed by atoms with Gasteiger partial charge < -0.3 is 0 Å². The van der Waals surface area contributed by atoms with E-state index in [1.807, 2.05) is 0 Å². The molecule has 0 fully saturated rings. The fourth-order valence-corrected chi connectivity index (χ4v) is 2.89. The molecule has 0 atom stereocenters. The predicted octanol–water partition coefficient (Wildman–Crippen LogP) is 4.26. The van der Waals surface area contributed by atoms with Crippen molar-refractivity contribution < 1.29 is 0 Å². The van der Waals surface area contributed by atoms with Crippen LogP contribution in [0, 0.1) is 6.92 Å². The average Bonchev–Trinajstić information content (AvgIpc) is 2.31. The zero-order valence-corrected chi connectivity index (χ0v) is 9.76. The van der Waals surface area contributed by atoms with Crippen molar-refractivity contribution in [2.75, 3.05) is 0 Å². The fourth-order valence-electron chi connectivity index (χ4n) is 1.18. The lowest BCUT2D eigenvalue weighted by Crippen LogP contribution is -1.68. The molecule has 2 aromatic rings. The summed E-state index contributed by atoms with van der Waals surface area (Å²) >= 11 is 9.58. The minimum Gasteiger partial charge on any atom is -0.133 e. The first-order valence-electron chi connectivity index (χ1n) is 3.56. The molecule has 0 spiro atoms. The van der Waals surface area contributed by atoms with E-state index in [4.69, 9.17) is 0 Å². The Hall–Kier alpha value is 0.01000. The minimum atomic E-state index is 1.11. The summed E-state index contributed by atoms with van der Waals surface area (Å²) in [5, 5.41) is 1.30. The first-order chi connectivity index (χ1) is 5.68. The van der Waals surface area contributed by atoms with Crippen molar-refractivity contribution in [3.05, 3.63) is 28.2 Å². The molecule has 0 saturated carbocycles. The van der Waals surface area contributed by atoms with E-state index in [0.29, 0.717) is 0 Å². The van der Waals surface area contributed by atoms with Crippen molar-refractivity contribution in [2.45, 2.75) is 11.1 Å². The Morgan fingerprint density at radius 3 is 2.92 bits per heavy atom. The molecule has 1 heterocycles. The van der Waals surface area contributed by atoms with Gasteiger partial charge in [-0.05, 0) is 36.1 Å². The van der Waals surface area contributed by atoms with Crippen LogP contribution in [0.25, 0.3) is 10.1 Å². The maximum Gasteiger partial charge on any atom is 0.0609 e. The van der Waals surface area contributed by atoms with Gasteiger partial charge in [0, 0.05) is 9.17 Å². The number of aryl methyl sites for hydroxylation is 1. The largest absolute Gasteiger partial charge is 0.133 e. The normalized spacial score (nSPS) is 10.9. The molecule has 0 amide bonds. The molecule has 0 aliphatic carbocycles. The number of halogens is 1. The molecule has 0 bridgehead atoms. The summed E-state index contributed by atoms with van der Waals surface area (Å²) < 4.78 is 3.55. The lowest BCUT2D eigenvalue weighted by atomic mass is 10.2. The van der Waals surface area contributed by atoms with E-state index >= 15 is 0 Å². The monoisotopic (exact) mass is 258 g/mol. The van der Waals surface area contributed by atoms with Gasteiger partial charge in [-0.1, -0.05) is 15.9 Å². The number of benzene rings is 1. The van der Waals surface area contributed by atoms with Crippen LogP contribution in [0.3, 0.4) is 0 Å². The van der Waals surface area contributed by atoms with Crippen molar-refractivity contribution in [1.82, 2.24) is 0 Å². The molecule has 12 heavy (non-hydrogen) atoms. The molecule has 0 radical (unpaired) electrons. The molecule has 0 saturated heterocycles. The number of hydrogen-bond donors (Lipinski definition) is 1. The Morgan fingerprint density at radius 1 is 1.42 bits per heavy atom. The predicted molar refractivity (Wildman–Crippen MR) is 61.5 cm³/mol. The van der Waals surface area contributed by atoms with Crippen LogP contribution < -0.4 is 0 Å². The zero-order chi connectivity index (χ0) is 8.72. The van der Waals surface area contributed by atoms with E-state index in [1.165, 1.54) is 15.6 Å². The smallest absolute Gasteiger partial charge is 0.0609 e. The van der Waals surface area contributed by atoms with Crippen LogP contribution in [0.5, 0.6) is 0 Å². The molecular weight excluding hydrogens is 252 g/mol. The summed E-state index contributed by atoms with van der Waals surface area (Å²) in [5.41, 5.74) is 1.28. The molecule has 62 valence electrons. The van der Waals surface area contributed by atoms with Crippen molar-refractivity contribution in [2.24, 2.45) is 0 Å². The number of fused-ring (bicyclic) bond motifs is 1. The standard InChI is InChI=1S/C9H7BrS2/c1-5-7-4-6(10)2-3-8(7)12-9(5)11/h2-4,11H,1H3. The highest BCUT2D eigenvalue weighted by Crippen LogP contribution is 2.34. The van der Waals surface area contributed by atoms with E-state index in [2.05, 4.69) is 53.7 Å². The third kappa shape index (κ3) is 1.30. The van der Waals surface area contributed by atoms with Gasteiger partial charge in [0.2, 0.25) is 0 Å². The van der Waals surface area contributed by atoms with Gasteiger partial charge in [-0.2, -0.15) is 0 Å². The first-order valence-corrected chi connectivity index (χ1v) is 5.62. The van der Waals surface area contributed by atoms with Crippen LogP contribution in [0.1, 0.15) is 5.56 Å². The van der Waals surface area contributed by atoms with Crippen molar-refractivity contribution in [3.63, 3.8) is 0 Å². The maximum absolute atomic E-state index is 4.39. The second kappa shape index (κ2) is 3.05. The molecular formula is C9H7BrS2. The van der Waals surface area contributed by atoms with Crippen molar-refractivity contribution >= 4 is 50.0 Å². The Balaban J connectivity index is 2.88. The SMILES string of the molecule is Cc1c(S)sc2ccc(Br)cc12. The van der Waals surface area contributed by atoms with Crippen LogP contribution in [0.2, 0.25) is 0 Å². The molecule has 1 aromatic heterocycles. The Kier molecular flexibility index (Phi) is 2.19. The summed E-state index contributed by atoms with van der Waals surface area (Å²) in [6, 6.07) is 6.32. The van der Waals surface area contributed by atoms with Crippen LogP contribution in [-0.2, 0) is 0 Å². The second-order valence-electron chi connectivity index (χ2n) is 2.67. The number of thiol groups is 1. The lowest BCUT2D eigenvalue weighted by Gasteiger charge is -1.92. The van der Waals surface area contributed by atoms with Gasteiger partial charge in [0.25, 0.3) is 0 Å². The van der Waals surface area contributed by atoms with Crippen molar-refractivity contribution in [1.29, 1.82) is 0 Å². The van der Waals surface area contributed by atoms with E-state index in [0.717, 1.165) is 8.68 Å². The molecule has 2 rings (SSSR count). The average molecular weight is 259 g/mol. The van der Waals surface area contributed by atoms with E-state index in [-0.39, 0.29) is 0 Å². The fraction of sp³-hybridized carbons (Fsp3) is 0.111. The second-order valence-corrected chi connectivity index (χ2v) is 5.39. The van der Waals surface area contributed by atoms with E-state index in [9.17, 15) is 0 Å². The van der Waals surface area contributed by atoms with Crippen LogP contribution in [-0.4, -0.2) is 0 Å². The van der Waals surface area contributed by atoms with Gasteiger partial charge >= 0.3 is 0 Å². The number of thiophene rings is 1. The summed E-state index contributed by atoms with van der Waals surface area (Å²) in [4.78, 5) is 0. The third-order valence-corrected chi connectivity index (χ3v) is 4.05. The van der Waals surface area contributed by atoms with Gasteiger partial charge in [-0.15, -0.1) is 24.0 Å². The molecule has 0 unspecified atom stereocenters. The topological polar surface area (TPSA) is 0 Å². The van der Waals surface area contributed by atoms with Gasteiger partial charge in [0.05, 0.1) is 4.21 Å². The molecule has 0 aliphatic rings. The quantitative estimate of drug-likeness (QED) is 0.671. The molecule has 1 aromatic carbocycles. The molecule has 0 aliphatic heterocycles. The highest BCUT2D eigenvalue weighted by atomic mass is 79.9. The summed E-state index contributed by atoms with van der Waals surface area (Å²) in [6.45, 7) is 2.10. The number of rotatable bonds is 0. The van der Waals surface area contributed by atoms with Gasteiger partial charge in [0.15, 0.2) is 0 Å². The highest BCUT2D eigenvalue weighted by Gasteiger charge is 2.04. The third-order valence-electron chi connectivity index (χ3n) is 1.87. The van der Waals surface area contributed by atoms with Crippen LogP contribution >= 0.6 is 39.9 Å². The molecule has 3 heteroatoms. The van der Waals surface area contributed by atoms with E-state index in [1.54, 1.807) is 11.3 Å². The Morgan fingerprint density at radius 2 is 2.17 bits per heavy atom. The Labute approximate surface area is 89.1 Å². The van der Waals surface area contributed by atoms with Crippen LogP contribution in [0.15, 0.2) is 26.9 Å². The molecule has 0 N–H and O–H groups in total. The minimum absolute atomic E-state index is 1.11. The number of hydrogen-bond acceptors (Lipinski definition) is 2. The first kappa shape index (κ1) is 8.60. The summed E-state index contributed by atoms with van der Waals surface area (Å²) in [6.07, 6.45) is 0. The van der Waals surface area contributed by atoms with Gasteiger partial charge in [-0.25, -0.2) is 0 Å². The van der Waals surface area contributed by atoms with Crippen LogP contribution in [0.4, 0.5) is 0 Å². The summed E-state index contributed by atoms with van der Waals surface area (Å²) in [5.74, 6) is 0.